The number of benzene rings is 1. The average molecular weight is 353 g/mol. The molecule has 3 aromatic rings. The Morgan fingerprint density at radius 1 is 1.08 bits per heavy atom. The molecule has 0 spiro atoms. The highest BCUT2D eigenvalue weighted by Gasteiger charge is 2.28. The predicted molar refractivity (Wildman–Crippen MR) is 90.5 cm³/mol. The van der Waals surface area contributed by atoms with Crippen molar-refractivity contribution in [1.82, 2.24) is 9.29 Å². The summed E-state index contributed by atoms with van der Waals surface area (Å²) in [7, 11) is -3.90. The average Bonchev–Trinajstić information content (AvgIpc) is 3.15. The molecule has 126 valence electrons. The first kappa shape index (κ1) is 16.9. The molecule has 0 radical (unpaired) electrons. The maximum Gasteiger partial charge on any atom is 0.245 e. The van der Waals surface area contributed by atoms with Crippen LogP contribution in [0.15, 0.2) is 76.5 Å². The normalized spacial score (nSPS) is 11.4. The zero-order chi connectivity index (χ0) is 17.7. The molecule has 0 aliphatic heterocycles. The van der Waals surface area contributed by atoms with E-state index < -0.39 is 10.0 Å². The van der Waals surface area contributed by atoms with Crippen LogP contribution in [-0.4, -0.2) is 17.7 Å². The first-order valence-electron chi connectivity index (χ1n) is 7.52. The van der Waals surface area contributed by atoms with Gasteiger partial charge in [0.25, 0.3) is 0 Å². The van der Waals surface area contributed by atoms with Gasteiger partial charge in [0.1, 0.15) is 11.8 Å². The zero-order valence-electron chi connectivity index (χ0n) is 13.2. The summed E-state index contributed by atoms with van der Waals surface area (Å²) >= 11 is 0. The van der Waals surface area contributed by atoms with Gasteiger partial charge in [0.05, 0.1) is 23.3 Å². The molecular formula is C18H15N3O3S. The van der Waals surface area contributed by atoms with Crippen LogP contribution in [0.1, 0.15) is 16.9 Å². The highest BCUT2D eigenvalue weighted by molar-refractivity contribution is 7.89. The van der Waals surface area contributed by atoms with Crippen molar-refractivity contribution < 1.29 is 12.8 Å². The van der Waals surface area contributed by atoms with Crippen molar-refractivity contribution in [1.29, 1.82) is 5.26 Å². The lowest BCUT2D eigenvalue weighted by atomic mass is 10.2. The Morgan fingerprint density at radius 2 is 1.92 bits per heavy atom. The lowest BCUT2D eigenvalue weighted by Crippen LogP contribution is -2.30. The molecule has 1 aromatic carbocycles. The summed E-state index contributed by atoms with van der Waals surface area (Å²) in [6, 6.07) is 15.1. The van der Waals surface area contributed by atoms with Gasteiger partial charge < -0.3 is 4.42 Å². The van der Waals surface area contributed by atoms with E-state index in [0.717, 1.165) is 5.56 Å². The minimum Gasteiger partial charge on any atom is -0.468 e. The summed E-state index contributed by atoms with van der Waals surface area (Å²) < 4.78 is 32.9. The molecule has 0 atom stereocenters. The van der Waals surface area contributed by atoms with Crippen molar-refractivity contribution in [3.63, 3.8) is 0 Å². The van der Waals surface area contributed by atoms with Gasteiger partial charge >= 0.3 is 0 Å². The summed E-state index contributed by atoms with van der Waals surface area (Å²) in [5.74, 6) is 0.516. The smallest absolute Gasteiger partial charge is 0.245 e. The summed E-state index contributed by atoms with van der Waals surface area (Å²) in [4.78, 5) is 4.01. The Hall–Kier alpha value is -2.95. The van der Waals surface area contributed by atoms with Gasteiger partial charge in [-0.2, -0.15) is 9.57 Å². The number of rotatable bonds is 6. The molecule has 25 heavy (non-hydrogen) atoms. The van der Waals surface area contributed by atoms with Gasteiger partial charge in [-0.15, -0.1) is 0 Å². The Bertz CT molecular complexity index is 978. The van der Waals surface area contributed by atoms with E-state index in [4.69, 9.17) is 4.42 Å². The van der Waals surface area contributed by atoms with Gasteiger partial charge in [-0.25, -0.2) is 8.42 Å². The summed E-state index contributed by atoms with van der Waals surface area (Å²) in [6.45, 7) is 0.181. The predicted octanol–water partition coefficient (Wildman–Crippen LogP) is 2.94. The maximum atomic E-state index is 13.2. The molecule has 0 unspecified atom stereocenters. The number of furan rings is 1. The first-order valence-corrected chi connectivity index (χ1v) is 8.96. The van der Waals surface area contributed by atoms with Gasteiger partial charge in [0, 0.05) is 18.9 Å². The topological polar surface area (TPSA) is 87.2 Å². The molecule has 7 heteroatoms. The molecule has 0 bridgehead atoms. The first-order chi connectivity index (χ1) is 12.1. The zero-order valence-corrected chi connectivity index (χ0v) is 14.1. The fourth-order valence-electron chi connectivity index (χ4n) is 2.42. The second-order valence-corrected chi connectivity index (χ2v) is 7.23. The standard InChI is InChI=1S/C18H15N3O3S/c19-11-16-6-1-2-8-18(16)25(22,23)21(14-17-7-4-10-24-17)13-15-5-3-9-20-12-15/h1-10,12H,13-14H2. The van der Waals surface area contributed by atoms with Crippen molar-refractivity contribution in [3.05, 3.63) is 84.1 Å². The minimum atomic E-state index is -3.90. The van der Waals surface area contributed by atoms with E-state index in [9.17, 15) is 13.7 Å². The number of nitriles is 1. The third kappa shape index (κ3) is 3.76. The largest absolute Gasteiger partial charge is 0.468 e. The molecule has 0 saturated carbocycles. The molecule has 2 aromatic heterocycles. The Labute approximate surface area is 146 Å². The van der Waals surface area contributed by atoms with Crippen LogP contribution in [0.3, 0.4) is 0 Å². The lowest BCUT2D eigenvalue weighted by molar-refractivity contribution is 0.358. The van der Waals surface area contributed by atoms with Gasteiger partial charge in [0.2, 0.25) is 10.0 Å². The number of pyridine rings is 1. The third-order valence-electron chi connectivity index (χ3n) is 3.62. The van der Waals surface area contributed by atoms with Gasteiger partial charge in [-0.1, -0.05) is 18.2 Å². The van der Waals surface area contributed by atoms with E-state index in [1.807, 2.05) is 6.07 Å². The van der Waals surface area contributed by atoms with Crippen LogP contribution in [0.25, 0.3) is 0 Å². The van der Waals surface area contributed by atoms with E-state index in [0.29, 0.717) is 5.76 Å². The fraction of sp³-hybridized carbons (Fsp3) is 0.111. The molecular weight excluding hydrogens is 338 g/mol. The van der Waals surface area contributed by atoms with E-state index >= 15 is 0 Å². The molecule has 0 fully saturated rings. The van der Waals surface area contributed by atoms with Crippen molar-refractivity contribution in [2.75, 3.05) is 0 Å². The summed E-state index contributed by atoms with van der Waals surface area (Å²) in [5.41, 5.74) is 0.852. The molecule has 0 aliphatic carbocycles. The molecule has 2 heterocycles. The number of nitrogens with zero attached hydrogens (tertiary/aromatic N) is 3. The molecule has 6 nitrogen and oxygen atoms in total. The monoisotopic (exact) mass is 353 g/mol. The number of sulfonamides is 1. The van der Waals surface area contributed by atoms with Crippen LogP contribution < -0.4 is 0 Å². The number of hydrogen-bond donors (Lipinski definition) is 0. The van der Waals surface area contributed by atoms with Crippen LogP contribution in [0.4, 0.5) is 0 Å². The highest BCUT2D eigenvalue weighted by atomic mass is 32.2. The number of hydrogen-bond acceptors (Lipinski definition) is 5. The summed E-state index contributed by atoms with van der Waals surface area (Å²) in [5, 5.41) is 9.25. The highest BCUT2D eigenvalue weighted by Crippen LogP contribution is 2.23. The SMILES string of the molecule is N#Cc1ccccc1S(=O)(=O)N(Cc1cccnc1)Cc1ccco1. The van der Waals surface area contributed by atoms with Gasteiger partial charge in [-0.3, -0.25) is 4.98 Å². The van der Waals surface area contributed by atoms with Crippen molar-refractivity contribution in [2.45, 2.75) is 18.0 Å². The second-order valence-electron chi connectivity index (χ2n) is 5.32. The van der Waals surface area contributed by atoms with Crippen LogP contribution in [0.5, 0.6) is 0 Å². The van der Waals surface area contributed by atoms with Crippen LogP contribution in [-0.2, 0) is 23.1 Å². The molecule has 3 rings (SSSR count). The Kier molecular flexibility index (Phi) is 4.93. The second kappa shape index (κ2) is 7.30. The van der Waals surface area contributed by atoms with Crippen molar-refractivity contribution in [3.8, 4) is 6.07 Å². The van der Waals surface area contributed by atoms with E-state index in [2.05, 4.69) is 4.98 Å². The molecule has 0 N–H and O–H groups in total. The molecule has 0 saturated heterocycles. The van der Waals surface area contributed by atoms with Crippen LogP contribution >= 0.6 is 0 Å². The Morgan fingerprint density at radius 3 is 2.60 bits per heavy atom. The summed E-state index contributed by atoms with van der Waals surface area (Å²) in [6.07, 6.45) is 4.73. The Balaban J connectivity index is 2.02. The molecule has 0 aliphatic rings. The third-order valence-corrected chi connectivity index (χ3v) is 5.47. The lowest BCUT2D eigenvalue weighted by Gasteiger charge is -2.21. The van der Waals surface area contributed by atoms with E-state index in [1.165, 1.54) is 22.7 Å². The fourth-order valence-corrected chi connectivity index (χ4v) is 3.96. The molecule has 0 amide bonds. The van der Waals surface area contributed by atoms with Crippen molar-refractivity contribution >= 4 is 10.0 Å². The van der Waals surface area contributed by atoms with E-state index in [-0.39, 0.29) is 23.5 Å². The van der Waals surface area contributed by atoms with Gasteiger partial charge in [-0.05, 0) is 35.9 Å². The van der Waals surface area contributed by atoms with E-state index in [1.54, 1.807) is 48.8 Å². The van der Waals surface area contributed by atoms with Crippen LogP contribution in [0.2, 0.25) is 0 Å². The van der Waals surface area contributed by atoms with Crippen molar-refractivity contribution in [2.24, 2.45) is 0 Å². The minimum absolute atomic E-state index is 0.0204. The number of aromatic nitrogens is 1. The maximum absolute atomic E-state index is 13.2. The van der Waals surface area contributed by atoms with Crippen LogP contribution in [0, 0.1) is 11.3 Å². The quantitative estimate of drug-likeness (QED) is 0.680. The van der Waals surface area contributed by atoms with Gasteiger partial charge in [0.15, 0.2) is 0 Å².